The van der Waals surface area contributed by atoms with Crippen molar-refractivity contribution in [3.05, 3.63) is 30.2 Å². The second kappa shape index (κ2) is 8.38. The molecule has 0 aliphatic rings. The highest BCUT2D eigenvalue weighted by molar-refractivity contribution is 7.89. The monoisotopic (exact) mass is 329 g/mol. The van der Waals surface area contributed by atoms with Crippen molar-refractivity contribution in [1.82, 2.24) is 9.62 Å². The van der Waals surface area contributed by atoms with E-state index >= 15 is 0 Å². The molecular weight excluding hydrogens is 304 g/mol. The van der Waals surface area contributed by atoms with Gasteiger partial charge in [0.15, 0.2) is 16.2 Å². The fourth-order valence-electron chi connectivity index (χ4n) is 2.04. The Morgan fingerprint density at radius 2 is 2.00 bits per heavy atom. The maximum atomic E-state index is 12.7. The highest BCUT2D eigenvalue weighted by atomic mass is 32.2. The topological polar surface area (TPSA) is 67.9 Å². The van der Waals surface area contributed by atoms with Gasteiger partial charge in [0.1, 0.15) is 0 Å². The lowest BCUT2D eigenvalue weighted by Crippen LogP contribution is -2.31. The number of likely N-dealkylation sites (N-methyl/N-ethyl adjacent to an activating group) is 2. The zero-order chi connectivity index (χ0) is 16.8. The zero-order valence-corrected chi connectivity index (χ0v) is 14.5. The zero-order valence-electron chi connectivity index (χ0n) is 13.7. The molecule has 6 nitrogen and oxygen atoms in total. The summed E-state index contributed by atoms with van der Waals surface area (Å²) in [5.74, 6) is 0.597. The lowest BCUT2D eigenvalue weighted by atomic mass is 10.1. The van der Waals surface area contributed by atoms with E-state index in [2.05, 4.69) is 12.2 Å². The van der Waals surface area contributed by atoms with Crippen LogP contribution in [0, 0.1) is 13.8 Å². The Morgan fingerprint density at radius 1 is 1.32 bits per heavy atom. The summed E-state index contributed by atoms with van der Waals surface area (Å²) in [5.41, 5.74) is 1.05. The summed E-state index contributed by atoms with van der Waals surface area (Å²) in [5, 5.41) is 2.96. The molecule has 0 heterocycles. The van der Waals surface area contributed by atoms with E-state index in [1.54, 1.807) is 26.1 Å². The number of hydrogen-bond donors (Lipinski definition) is 1. The summed E-state index contributed by atoms with van der Waals surface area (Å²) >= 11 is 0. The maximum Gasteiger partial charge on any atom is 0.290 e. The van der Waals surface area contributed by atoms with Crippen LogP contribution in [0.25, 0.3) is 0 Å². The van der Waals surface area contributed by atoms with Crippen LogP contribution in [0.3, 0.4) is 0 Å². The number of nitrogens with one attached hydrogen (secondary N) is 1. The fraction of sp³-hybridized carbons (Fsp3) is 0.533. The van der Waals surface area contributed by atoms with Crippen LogP contribution >= 0.6 is 0 Å². The molecule has 1 aromatic carbocycles. The molecule has 0 radical (unpaired) electrons. The second-order valence-corrected chi connectivity index (χ2v) is 6.96. The Kier molecular flexibility index (Phi) is 7.15. The van der Waals surface area contributed by atoms with Gasteiger partial charge in [-0.2, -0.15) is 12.7 Å². The number of methoxy groups -OCH3 is 1. The first-order valence-electron chi connectivity index (χ1n) is 7.04. The van der Waals surface area contributed by atoms with Gasteiger partial charge in [-0.3, -0.25) is 0 Å². The minimum absolute atomic E-state index is 0.228. The average molecular weight is 329 g/mol. The first-order valence-corrected chi connectivity index (χ1v) is 8.48. The molecule has 0 amide bonds. The van der Waals surface area contributed by atoms with Crippen molar-refractivity contribution in [2.75, 3.05) is 47.5 Å². The van der Waals surface area contributed by atoms with E-state index in [9.17, 15) is 8.42 Å². The fourth-order valence-corrected chi connectivity index (χ4v) is 3.53. The third-order valence-electron chi connectivity index (χ3n) is 3.28. The maximum absolute atomic E-state index is 12.7. The number of hydrogen-bond acceptors (Lipinski definition) is 5. The Morgan fingerprint density at radius 3 is 2.55 bits per heavy atom. The Labute approximate surface area is 133 Å². The molecule has 1 aromatic rings. The molecular formula is C15H25N2O4S+. The number of aryl methyl sites for hydroxylation is 1. The summed E-state index contributed by atoms with van der Waals surface area (Å²) in [6, 6.07) is 3.32. The lowest BCUT2D eigenvalue weighted by molar-refractivity contribution is 0.129. The number of nitrogens with zero attached hydrogens (tertiary/aromatic N) is 1. The van der Waals surface area contributed by atoms with E-state index in [0.717, 1.165) is 6.54 Å². The van der Waals surface area contributed by atoms with Crippen LogP contribution in [-0.4, -0.2) is 60.2 Å². The number of rotatable bonds is 9. The third kappa shape index (κ3) is 4.61. The molecule has 22 heavy (non-hydrogen) atoms. The van der Waals surface area contributed by atoms with Gasteiger partial charge in [0.2, 0.25) is 0 Å². The normalized spacial score (nSPS) is 11.9. The van der Waals surface area contributed by atoms with Crippen molar-refractivity contribution < 1.29 is 17.9 Å². The Balaban J connectivity index is 2.85. The van der Waals surface area contributed by atoms with Gasteiger partial charge in [0, 0.05) is 38.7 Å². The first kappa shape index (κ1) is 18.8. The van der Waals surface area contributed by atoms with Gasteiger partial charge >= 0.3 is 0 Å². The molecule has 7 heteroatoms. The summed E-state index contributed by atoms with van der Waals surface area (Å²) in [6.45, 7) is 7.49. The largest absolute Gasteiger partial charge is 0.485 e. The minimum atomic E-state index is -3.60. The predicted molar refractivity (Wildman–Crippen MR) is 86.8 cm³/mol. The van der Waals surface area contributed by atoms with Crippen molar-refractivity contribution in [1.29, 1.82) is 0 Å². The standard InChI is InChI=1S/C15H25N2O4S/c1-12-10-14(20-5)11-13(2)15(12)22(18,19)17(4)7-9-21-8-6-16-3/h10-11,16H,1,6-9H2,2-5H3/q+1. The van der Waals surface area contributed by atoms with E-state index < -0.39 is 10.0 Å². The molecule has 0 aromatic heterocycles. The Hall–Kier alpha value is -1.28. The molecule has 0 unspecified atom stereocenters. The molecule has 0 saturated heterocycles. The second-order valence-electron chi connectivity index (χ2n) is 4.98. The summed E-state index contributed by atoms with van der Waals surface area (Å²) in [6.07, 6.45) is 0. The predicted octanol–water partition coefficient (Wildman–Crippen LogP) is 1.04. The van der Waals surface area contributed by atoms with E-state index in [0.29, 0.717) is 30.1 Å². The van der Waals surface area contributed by atoms with Gasteiger partial charge < -0.3 is 14.8 Å². The van der Waals surface area contributed by atoms with Gasteiger partial charge in [0.25, 0.3) is 10.0 Å². The van der Waals surface area contributed by atoms with Crippen molar-refractivity contribution >= 4 is 10.0 Å². The molecule has 0 fully saturated rings. The van der Waals surface area contributed by atoms with Crippen molar-refractivity contribution in [3.8, 4) is 5.75 Å². The molecule has 1 N–H and O–H groups in total. The summed E-state index contributed by atoms with van der Waals surface area (Å²) in [4.78, 5) is 0.228. The molecule has 0 saturated carbocycles. The van der Waals surface area contributed by atoms with Crippen LogP contribution in [-0.2, 0) is 14.8 Å². The Bertz CT molecular complexity index is 564. The van der Waals surface area contributed by atoms with Gasteiger partial charge in [-0.1, -0.05) is 0 Å². The van der Waals surface area contributed by atoms with Crippen LogP contribution in [0.4, 0.5) is 0 Å². The smallest absolute Gasteiger partial charge is 0.290 e. The van der Waals surface area contributed by atoms with Crippen molar-refractivity contribution in [2.45, 2.75) is 11.8 Å². The SMILES string of the molecule is [CH2+]c1cc(OC)cc(C)c1S(=O)(=O)N(C)CCOCCNC. The molecule has 0 bridgehead atoms. The lowest BCUT2D eigenvalue weighted by Gasteiger charge is -2.17. The van der Waals surface area contributed by atoms with E-state index in [4.69, 9.17) is 9.47 Å². The van der Waals surface area contributed by atoms with Gasteiger partial charge in [0.05, 0.1) is 26.4 Å². The molecule has 1 rings (SSSR count). The van der Waals surface area contributed by atoms with E-state index in [1.165, 1.54) is 11.4 Å². The van der Waals surface area contributed by atoms with Crippen LogP contribution in [0.15, 0.2) is 17.0 Å². The highest BCUT2D eigenvalue weighted by Crippen LogP contribution is 2.27. The molecule has 0 aliphatic carbocycles. The molecule has 0 aliphatic heterocycles. The van der Waals surface area contributed by atoms with Gasteiger partial charge in [-0.25, -0.2) is 0 Å². The van der Waals surface area contributed by atoms with Crippen molar-refractivity contribution in [3.63, 3.8) is 0 Å². The van der Waals surface area contributed by atoms with Gasteiger partial charge in [-0.05, 0) is 14.0 Å². The minimum Gasteiger partial charge on any atom is -0.485 e. The van der Waals surface area contributed by atoms with Gasteiger partial charge in [-0.15, -0.1) is 0 Å². The third-order valence-corrected chi connectivity index (χ3v) is 5.38. The van der Waals surface area contributed by atoms with E-state index in [1.807, 2.05) is 7.05 Å². The van der Waals surface area contributed by atoms with Crippen LogP contribution in [0.1, 0.15) is 11.1 Å². The highest BCUT2D eigenvalue weighted by Gasteiger charge is 2.31. The quantitative estimate of drug-likeness (QED) is 0.542. The van der Waals surface area contributed by atoms with E-state index in [-0.39, 0.29) is 11.4 Å². The molecule has 0 atom stereocenters. The number of benzene rings is 1. The van der Waals surface area contributed by atoms with Crippen LogP contribution < -0.4 is 10.1 Å². The van der Waals surface area contributed by atoms with Crippen molar-refractivity contribution in [2.24, 2.45) is 0 Å². The first-order chi connectivity index (χ1) is 10.3. The number of ether oxygens (including phenoxy) is 2. The average Bonchev–Trinajstić information content (AvgIpc) is 2.45. The van der Waals surface area contributed by atoms with Crippen LogP contribution in [0.2, 0.25) is 0 Å². The van der Waals surface area contributed by atoms with Crippen LogP contribution in [0.5, 0.6) is 5.75 Å². The summed E-state index contributed by atoms with van der Waals surface area (Å²) < 4.78 is 37.1. The molecule has 0 spiro atoms. The number of sulfonamides is 1. The summed E-state index contributed by atoms with van der Waals surface area (Å²) in [7, 11) is 1.32. The molecule has 124 valence electrons.